The molecular weight excluding hydrogens is 382 g/mol. The fourth-order valence-corrected chi connectivity index (χ4v) is 3.89. The molecule has 0 fully saturated rings. The summed E-state index contributed by atoms with van der Waals surface area (Å²) in [6.07, 6.45) is 3.82. The molecular formula is C21H18ClNO3S. The van der Waals surface area contributed by atoms with Gasteiger partial charge in [-0.1, -0.05) is 48.9 Å². The largest absolute Gasteiger partial charge is 0.452 e. The summed E-state index contributed by atoms with van der Waals surface area (Å²) in [6.45, 7) is 1.71. The molecule has 0 radical (unpaired) electrons. The van der Waals surface area contributed by atoms with Gasteiger partial charge in [0, 0.05) is 26.7 Å². The quantitative estimate of drug-likeness (QED) is 0.451. The van der Waals surface area contributed by atoms with Crippen LogP contribution in [0, 0.1) is 0 Å². The highest BCUT2D eigenvalue weighted by Gasteiger charge is 2.09. The van der Waals surface area contributed by atoms with Crippen LogP contribution < -0.4 is 5.32 Å². The van der Waals surface area contributed by atoms with Gasteiger partial charge in [0.05, 0.1) is 5.02 Å². The van der Waals surface area contributed by atoms with Crippen LogP contribution >= 0.6 is 22.9 Å². The van der Waals surface area contributed by atoms with Crippen LogP contribution in [0.25, 0.3) is 16.2 Å². The predicted molar refractivity (Wildman–Crippen MR) is 111 cm³/mol. The number of carbonyl (C=O) groups excluding carboxylic acids is 2. The van der Waals surface area contributed by atoms with E-state index in [0.717, 1.165) is 21.4 Å². The first-order valence-corrected chi connectivity index (χ1v) is 9.67. The van der Waals surface area contributed by atoms with Crippen molar-refractivity contribution in [2.45, 2.75) is 13.3 Å². The van der Waals surface area contributed by atoms with Crippen molar-refractivity contribution in [1.29, 1.82) is 0 Å². The molecule has 1 heterocycles. The van der Waals surface area contributed by atoms with Crippen molar-refractivity contribution < 1.29 is 14.3 Å². The van der Waals surface area contributed by atoms with Gasteiger partial charge in [-0.05, 0) is 36.3 Å². The van der Waals surface area contributed by atoms with E-state index in [-0.39, 0.29) is 12.5 Å². The maximum absolute atomic E-state index is 11.9. The minimum absolute atomic E-state index is 0.348. The summed E-state index contributed by atoms with van der Waals surface area (Å²) < 4.78 is 6.03. The normalized spacial score (nSPS) is 11.0. The van der Waals surface area contributed by atoms with Gasteiger partial charge in [0.1, 0.15) is 0 Å². The highest BCUT2D eigenvalue weighted by atomic mass is 35.5. The molecule has 2 aromatic carbocycles. The minimum atomic E-state index is -0.597. The molecule has 138 valence electrons. The number of esters is 1. The Morgan fingerprint density at radius 3 is 2.59 bits per heavy atom. The molecule has 3 rings (SSSR count). The summed E-state index contributed by atoms with van der Waals surface area (Å²) in [5, 5.41) is 4.24. The Bertz CT molecular complexity index is 992. The van der Waals surface area contributed by atoms with Crippen molar-refractivity contribution in [3.8, 4) is 0 Å². The lowest BCUT2D eigenvalue weighted by Crippen LogP contribution is -2.20. The lowest BCUT2D eigenvalue weighted by atomic mass is 10.1. The van der Waals surface area contributed by atoms with Gasteiger partial charge < -0.3 is 10.1 Å². The number of carbonyl (C=O) groups is 2. The Balaban J connectivity index is 1.53. The fraction of sp³-hybridized carbons (Fsp3) is 0.143. The molecule has 6 heteroatoms. The molecule has 0 unspecified atom stereocenters. The third kappa shape index (κ3) is 4.96. The number of ether oxygens (including phenoxy) is 1. The summed E-state index contributed by atoms with van der Waals surface area (Å²) in [6, 6.07) is 15.3. The standard InChI is InChI=1S/C21H18ClNO3S/c1-2-14-7-9-15(10-8-14)23-19(24)13-26-20(25)12-11-18-21(22)16-5-3-4-6-17(16)27-18/h3-12H,2,13H2,1H3,(H,23,24)/b12-11+. The van der Waals surface area contributed by atoms with Crippen LogP contribution in [-0.2, 0) is 20.7 Å². The Morgan fingerprint density at radius 1 is 1.15 bits per heavy atom. The second-order valence-corrected chi connectivity index (χ2v) is 7.28. The molecule has 0 bridgehead atoms. The maximum atomic E-state index is 11.9. The monoisotopic (exact) mass is 399 g/mol. The summed E-state index contributed by atoms with van der Waals surface area (Å²) in [4.78, 5) is 24.5. The van der Waals surface area contributed by atoms with Crippen molar-refractivity contribution in [3.05, 3.63) is 70.1 Å². The number of halogens is 1. The second-order valence-electron chi connectivity index (χ2n) is 5.82. The van der Waals surface area contributed by atoms with Gasteiger partial charge in [-0.2, -0.15) is 0 Å². The maximum Gasteiger partial charge on any atom is 0.331 e. The van der Waals surface area contributed by atoms with Crippen LogP contribution in [0.2, 0.25) is 5.02 Å². The summed E-state index contributed by atoms with van der Waals surface area (Å²) in [5.74, 6) is -0.985. The Labute approximate surface area is 166 Å². The molecule has 0 saturated carbocycles. The number of fused-ring (bicyclic) bond motifs is 1. The van der Waals surface area contributed by atoms with Crippen molar-refractivity contribution >= 4 is 56.7 Å². The molecule has 3 aromatic rings. The molecule has 27 heavy (non-hydrogen) atoms. The van der Waals surface area contributed by atoms with E-state index in [1.807, 2.05) is 48.5 Å². The zero-order valence-corrected chi connectivity index (χ0v) is 16.3. The molecule has 0 atom stereocenters. The number of hydrogen-bond acceptors (Lipinski definition) is 4. The molecule has 1 aromatic heterocycles. The number of thiophene rings is 1. The lowest BCUT2D eigenvalue weighted by molar-refractivity contribution is -0.142. The number of hydrogen-bond donors (Lipinski definition) is 1. The number of rotatable bonds is 6. The first-order valence-electron chi connectivity index (χ1n) is 8.47. The van der Waals surface area contributed by atoms with E-state index in [0.29, 0.717) is 10.7 Å². The van der Waals surface area contributed by atoms with E-state index in [4.69, 9.17) is 16.3 Å². The molecule has 1 N–H and O–H groups in total. The SMILES string of the molecule is CCc1ccc(NC(=O)COC(=O)/C=C/c2sc3ccccc3c2Cl)cc1. The fourth-order valence-electron chi connectivity index (χ4n) is 2.49. The second kappa shape index (κ2) is 8.84. The van der Waals surface area contributed by atoms with Gasteiger partial charge in [0.2, 0.25) is 0 Å². The third-order valence-corrected chi connectivity index (χ3v) is 5.58. The summed E-state index contributed by atoms with van der Waals surface area (Å²) >= 11 is 7.81. The van der Waals surface area contributed by atoms with Crippen molar-refractivity contribution in [2.75, 3.05) is 11.9 Å². The smallest absolute Gasteiger partial charge is 0.331 e. The van der Waals surface area contributed by atoms with Gasteiger partial charge in [0.25, 0.3) is 5.91 Å². The van der Waals surface area contributed by atoms with Crippen molar-refractivity contribution in [3.63, 3.8) is 0 Å². The van der Waals surface area contributed by atoms with Crippen molar-refractivity contribution in [1.82, 2.24) is 0 Å². The molecule has 1 amide bonds. The number of nitrogens with one attached hydrogen (secondary N) is 1. The average molecular weight is 400 g/mol. The summed E-state index contributed by atoms with van der Waals surface area (Å²) in [7, 11) is 0. The zero-order chi connectivity index (χ0) is 19.2. The first-order chi connectivity index (χ1) is 13.1. The highest BCUT2D eigenvalue weighted by Crippen LogP contribution is 2.35. The number of amides is 1. The third-order valence-electron chi connectivity index (χ3n) is 3.92. The van der Waals surface area contributed by atoms with Gasteiger partial charge >= 0.3 is 5.97 Å². The highest BCUT2D eigenvalue weighted by molar-refractivity contribution is 7.20. The molecule has 0 aliphatic carbocycles. The Hall–Kier alpha value is -2.63. The van der Waals surface area contributed by atoms with Crippen LogP contribution in [0.3, 0.4) is 0 Å². The van der Waals surface area contributed by atoms with E-state index in [1.54, 1.807) is 6.08 Å². The topological polar surface area (TPSA) is 55.4 Å². The van der Waals surface area contributed by atoms with E-state index in [9.17, 15) is 9.59 Å². The average Bonchev–Trinajstić information content (AvgIpc) is 3.01. The van der Waals surface area contributed by atoms with E-state index < -0.39 is 5.97 Å². The van der Waals surface area contributed by atoms with Gasteiger partial charge in [0.15, 0.2) is 6.61 Å². The molecule has 4 nitrogen and oxygen atoms in total. The van der Waals surface area contributed by atoms with Gasteiger partial charge in [-0.15, -0.1) is 11.3 Å². The van der Waals surface area contributed by atoms with Crippen LogP contribution in [0.5, 0.6) is 0 Å². The van der Waals surface area contributed by atoms with Crippen LogP contribution in [0.4, 0.5) is 5.69 Å². The minimum Gasteiger partial charge on any atom is -0.452 e. The number of benzene rings is 2. The van der Waals surface area contributed by atoms with E-state index >= 15 is 0 Å². The van der Waals surface area contributed by atoms with Crippen molar-refractivity contribution in [2.24, 2.45) is 0 Å². The van der Waals surface area contributed by atoms with E-state index in [2.05, 4.69) is 12.2 Å². The van der Waals surface area contributed by atoms with Crippen LogP contribution in [0.15, 0.2) is 54.6 Å². The van der Waals surface area contributed by atoms with Crippen LogP contribution in [-0.4, -0.2) is 18.5 Å². The molecule has 0 saturated heterocycles. The first kappa shape index (κ1) is 19.1. The predicted octanol–water partition coefficient (Wildman–Crippen LogP) is 5.31. The summed E-state index contributed by atoms with van der Waals surface area (Å²) in [5.41, 5.74) is 1.85. The molecule has 0 aliphatic heterocycles. The molecule has 0 spiro atoms. The number of anilines is 1. The Morgan fingerprint density at radius 2 is 1.89 bits per heavy atom. The van der Waals surface area contributed by atoms with Gasteiger partial charge in [-0.3, -0.25) is 4.79 Å². The van der Waals surface area contributed by atoms with Crippen LogP contribution in [0.1, 0.15) is 17.4 Å². The lowest BCUT2D eigenvalue weighted by Gasteiger charge is -2.06. The number of aryl methyl sites for hydroxylation is 1. The molecule has 0 aliphatic rings. The van der Waals surface area contributed by atoms with E-state index in [1.165, 1.54) is 23.0 Å². The van der Waals surface area contributed by atoms with Gasteiger partial charge in [-0.25, -0.2) is 4.79 Å². The zero-order valence-electron chi connectivity index (χ0n) is 14.7. The Kier molecular flexibility index (Phi) is 6.27.